The van der Waals surface area contributed by atoms with Gasteiger partial charge in [-0.3, -0.25) is 0 Å². The molecule has 0 spiro atoms. The van der Waals surface area contributed by atoms with Gasteiger partial charge in [0.15, 0.2) is 5.82 Å². The number of halogens is 1. The van der Waals surface area contributed by atoms with Crippen LogP contribution in [0, 0.1) is 0 Å². The molecule has 0 saturated carbocycles. The number of nitrogens with one attached hydrogen (secondary N) is 1. The van der Waals surface area contributed by atoms with Crippen molar-refractivity contribution in [1.82, 2.24) is 9.97 Å². The third-order valence-electron chi connectivity index (χ3n) is 2.29. The van der Waals surface area contributed by atoms with Crippen LogP contribution in [0.3, 0.4) is 0 Å². The van der Waals surface area contributed by atoms with E-state index in [0.29, 0.717) is 16.7 Å². The quantitative estimate of drug-likeness (QED) is 0.895. The summed E-state index contributed by atoms with van der Waals surface area (Å²) in [7, 11) is 0. The van der Waals surface area contributed by atoms with Gasteiger partial charge in [0.2, 0.25) is 0 Å². The standard InChI is InChI=1S/C11H13ClN4S/c1-7(5-8-3-2-4-17-8)16-11-9(12)10(13)14-6-15-11/h2-4,6-7H,5H2,1H3,(H3,13,14,15,16). The Balaban J connectivity index is 2.03. The Morgan fingerprint density at radius 2 is 2.35 bits per heavy atom. The van der Waals surface area contributed by atoms with Crippen molar-refractivity contribution in [3.05, 3.63) is 33.7 Å². The van der Waals surface area contributed by atoms with Gasteiger partial charge < -0.3 is 11.1 Å². The van der Waals surface area contributed by atoms with Crippen molar-refractivity contribution in [1.29, 1.82) is 0 Å². The second-order valence-electron chi connectivity index (χ2n) is 3.75. The van der Waals surface area contributed by atoms with Crippen molar-refractivity contribution in [3.63, 3.8) is 0 Å². The summed E-state index contributed by atoms with van der Waals surface area (Å²) >= 11 is 7.75. The smallest absolute Gasteiger partial charge is 0.150 e. The Labute approximate surface area is 109 Å². The fourth-order valence-electron chi connectivity index (χ4n) is 1.50. The summed E-state index contributed by atoms with van der Waals surface area (Å²) in [6.07, 6.45) is 2.33. The summed E-state index contributed by atoms with van der Waals surface area (Å²) in [5.41, 5.74) is 5.61. The molecule has 2 aromatic rings. The van der Waals surface area contributed by atoms with Crippen LogP contribution in [0.5, 0.6) is 0 Å². The van der Waals surface area contributed by atoms with E-state index in [4.69, 9.17) is 17.3 Å². The van der Waals surface area contributed by atoms with E-state index in [1.165, 1.54) is 11.2 Å². The number of hydrogen-bond acceptors (Lipinski definition) is 5. The molecule has 0 radical (unpaired) electrons. The Bertz CT molecular complexity index is 486. The first-order valence-electron chi connectivity index (χ1n) is 5.21. The van der Waals surface area contributed by atoms with E-state index in [1.54, 1.807) is 11.3 Å². The topological polar surface area (TPSA) is 63.8 Å². The van der Waals surface area contributed by atoms with Crippen LogP contribution in [0.4, 0.5) is 11.6 Å². The summed E-state index contributed by atoms with van der Waals surface area (Å²) in [5.74, 6) is 0.885. The predicted molar refractivity (Wildman–Crippen MR) is 72.6 cm³/mol. The van der Waals surface area contributed by atoms with E-state index < -0.39 is 0 Å². The number of thiophene rings is 1. The minimum Gasteiger partial charge on any atom is -0.382 e. The number of aromatic nitrogens is 2. The Hall–Kier alpha value is -1.33. The molecule has 0 saturated heterocycles. The number of nitrogens with zero attached hydrogens (tertiary/aromatic N) is 2. The number of rotatable bonds is 4. The van der Waals surface area contributed by atoms with Crippen LogP contribution in [0.25, 0.3) is 0 Å². The van der Waals surface area contributed by atoms with Crippen LogP contribution in [0.15, 0.2) is 23.8 Å². The van der Waals surface area contributed by atoms with Gasteiger partial charge in [-0.1, -0.05) is 17.7 Å². The third kappa shape index (κ3) is 3.08. The molecule has 1 unspecified atom stereocenters. The maximum atomic E-state index is 6.01. The predicted octanol–water partition coefficient (Wildman–Crippen LogP) is 2.82. The zero-order valence-corrected chi connectivity index (χ0v) is 10.9. The fraction of sp³-hybridized carbons (Fsp3) is 0.273. The highest BCUT2D eigenvalue weighted by molar-refractivity contribution is 7.09. The average molecular weight is 269 g/mol. The summed E-state index contributed by atoms with van der Waals surface area (Å²) in [5, 5.41) is 5.68. The van der Waals surface area contributed by atoms with E-state index in [9.17, 15) is 0 Å². The second kappa shape index (κ2) is 5.33. The van der Waals surface area contributed by atoms with Gasteiger partial charge in [-0.15, -0.1) is 11.3 Å². The largest absolute Gasteiger partial charge is 0.382 e. The van der Waals surface area contributed by atoms with E-state index in [2.05, 4.69) is 33.7 Å². The van der Waals surface area contributed by atoms with Crippen molar-refractivity contribution in [2.45, 2.75) is 19.4 Å². The molecule has 2 heterocycles. The molecular formula is C11H13ClN4S. The number of nitrogens with two attached hydrogens (primary N) is 1. The van der Waals surface area contributed by atoms with Crippen LogP contribution >= 0.6 is 22.9 Å². The summed E-state index contributed by atoms with van der Waals surface area (Å²) in [4.78, 5) is 9.22. The van der Waals surface area contributed by atoms with Crippen LogP contribution in [-0.4, -0.2) is 16.0 Å². The van der Waals surface area contributed by atoms with Gasteiger partial charge in [0.25, 0.3) is 0 Å². The molecule has 17 heavy (non-hydrogen) atoms. The highest BCUT2D eigenvalue weighted by atomic mass is 35.5. The first kappa shape index (κ1) is 12.1. The molecule has 0 aliphatic carbocycles. The lowest BCUT2D eigenvalue weighted by atomic mass is 10.2. The molecule has 0 bridgehead atoms. The molecule has 4 nitrogen and oxygen atoms in total. The first-order valence-corrected chi connectivity index (χ1v) is 6.47. The van der Waals surface area contributed by atoms with Gasteiger partial charge >= 0.3 is 0 Å². The van der Waals surface area contributed by atoms with Crippen LogP contribution in [0.2, 0.25) is 5.02 Å². The average Bonchev–Trinajstić information content (AvgIpc) is 2.77. The number of nitrogen functional groups attached to an aromatic ring is 1. The lowest BCUT2D eigenvalue weighted by molar-refractivity contribution is 0.793. The molecule has 2 rings (SSSR count). The van der Waals surface area contributed by atoms with Gasteiger partial charge in [-0.05, 0) is 18.4 Å². The first-order chi connectivity index (χ1) is 8.16. The maximum absolute atomic E-state index is 6.01. The molecular weight excluding hydrogens is 256 g/mol. The van der Waals surface area contributed by atoms with Gasteiger partial charge in [0.1, 0.15) is 17.2 Å². The van der Waals surface area contributed by atoms with Gasteiger partial charge in [-0.2, -0.15) is 0 Å². The second-order valence-corrected chi connectivity index (χ2v) is 5.16. The minimum atomic E-state index is 0.237. The highest BCUT2D eigenvalue weighted by Gasteiger charge is 2.10. The van der Waals surface area contributed by atoms with E-state index in [0.717, 1.165) is 6.42 Å². The summed E-state index contributed by atoms with van der Waals surface area (Å²) in [6.45, 7) is 2.08. The Kier molecular flexibility index (Phi) is 3.81. The highest BCUT2D eigenvalue weighted by Crippen LogP contribution is 2.24. The fourth-order valence-corrected chi connectivity index (χ4v) is 2.49. The third-order valence-corrected chi connectivity index (χ3v) is 3.56. The summed E-state index contributed by atoms with van der Waals surface area (Å²) in [6, 6.07) is 4.39. The molecule has 1 atom stereocenters. The molecule has 0 aromatic carbocycles. The van der Waals surface area contributed by atoms with Gasteiger partial charge in [0, 0.05) is 17.3 Å². The van der Waals surface area contributed by atoms with Crippen molar-refractivity contribution < 1.29 is 0 Å². The van der Waals surface area contributed by atoms with Crippen molar-refractivity contribution in [2.24, 2.45) is 0 Å². The Morgan fingerprint density at radius 3 is 3.06 bits per heavy atom. The molecule has 90 valence electrons. The maximum Gasteiger partial charge on any atom is 0.150 e. The van der Waals surface area contributed by atoms with E-state index >= 15 is 0 Å². The zero-order valence-electron chi connectivity index (χ0n) is 9.35. The monoisotopic (exact) mass is 268 g/mol. The molecule has 0 amide bonds. The van der Waals surface area contributed by atoms with Crippen LogP contribution in [0.1, 0.15) is 11.8 Å². The SMILES string of the molecule is CC(Cc1cccs1)Nc1ncnc(N)c1Cl. The van der Waals surface area contributed by atoms with Crippen molar-refractivity contribution >= 4 is 34.6 Å². The molecule has 3 N–H and O–H groups in total. The zero-order chi connectivity index (χ0) is 12.3. The van der Waals surface area contributed by atoms with Crippen molar-refractivity contribution in [3.8, 4) is 0 Å². The molecule has 0 aliphatic rings. The van der Waals surface area contributed by atoms with E-state index in [-0.39, 0.29) is 6.04 Å². The van der Waals surface area contributed by atoms with Gasteiger partial charge in [0.05, 0.1) is 0 Å². The van der Waals surface area contributed by atoms with Crippen molar-refractivity contribution in [2.75, 3.05) is 11.1 Å². The molecule has 6 heteroatoms. The summed E-state index contributed by atoms with van der Waals surface area (Å²) < 4.78 is 0. The lowest BCUT2D eigenvalue weighted by Gasteiger charge is -2.14. The number of anilines is 2. The number of hydrogen-bond donors (Lipinski definition) is 2. The Morgan fingerprint density at radius 1 is 1.53 bits per heavy atom. The normalized spacial score (nSPS) is 12.4. The minimum absolute atomic E-state index is 0.237. The molecule has 0 fully saturated rings. The van der Waals surface area contributed by atoms with E-state index in [1.807, 2.05) is 6.07 Å². The lowest BCUT2D eigenvalue weighted by Crippen LogP contribution is -2.19. The van der Waals surface area contributed by atoms with Crippen LogP contribution < -0.4 is 11.1 Å². The van der Waals surface area contributed by atoms with Crippen LogP contribution in [-0.2, 0) is 6.42 Å². The van der Waals surface area contributed by atoms with Gasteiger partial charge in [-0.25, -0.2) is 9.97 Å². The molecule has 0 aliphatic heterocycles. The molecule has 2 aromatic heterocycles.